The molecule has 0 spiro atoms. The highest BCUT2D eigenvalue weighted by molar-refractivity contribution is 7.14. The smallest absolute Gasteiger partial charge is 0.193 e. The van der Waals surface area contributed by atoms with Crippen molar-refractivity contribution in [3.63, 3.8) is 0 Å². The normalized spacial score (nSPS) is 11.3. The Balaban J connectivity index is 2.31. The van der Waals surface area contributed by atoms with Gasteiger partial charge in [0.2, 0.25) is 0 Å². The van der Waals surface area contributed by atoms with Crippen LogP contribution >= 0.6 is 11.5 Å². The minimum atomic E-state index is -0.871. The van der Waals surface area contributed by atoms with Crippen molar-refractivity contribution in [1.82, 2.24) is 3.79 Å². The highest BCUT2D eigenvalue weighted by atomic mass is 32.1. The molecule has 4 aromatic rings. The number of rotatable bonds is 0. The average molecular weight is 312 g/mol. The molecular weight excluding hydrogens is 306 g/mol. The summed E-state index contributed by atoms with van der Waals surface area (Å²) < 4.78 is 29.9. The minimum Gasteiger partial charge on any atom is -0.289 e. The first-order chi connectivity index (χ1) is 10.6. The van der Waals surface area contributed by atoms with Gasteiger partial charge >= 0.3 is 0 Å². The Labute approximate surface area is 126 Å². The summed E-state index contributed by atoms with van der Waals surface area (Å²) >= 11 is 1.27. The molecule has 106 valence electrons. The molecule has 0 aliphatic heterocycles. The number of fused-ring (bicyclic) bond motifs is 5. The van der Waals surface area contributed by atoms with Gasteiger partial charge in [-0.05, 0) is 24.3 Å². The zero-order chi connectivity index (χ0) is 15.4. The maximum atomic E-state index is 13.9. The Kier molecular flexibility index (Phi) is 2.56. The molecule has 0 radical (unpaired) electrons. The van der Waals surface area contributed by atoms with Crippen LogP contribution < -0.4 is 5.43 Å². The second-order valence-corrected chi connectivity index (χ2v) is 5.87. The van der Waals surface area contributed by atoms with Crippen LogP contribution in [0.25, 0.3) is 26.5 Å². The van der Waals surface area contributed by atoms with Crippen molar-refractivity contribution in [1.29, 1.82) is 5.26 Å². The maximum Gasteiger partial charge on any atom is 0.193 e. The van der Waals surface area contributed by atoms with E-state index >= 15 is 0 Å². The van der Waals surface area contributed by atoms with Crippen molar-refractivity contribution in [2.24, 2.45) is 0 Å². The maximum absolute atomic E-state index is 13.9. The fourth-order valence-corrected chi connectivity index (χ4v) is 3.69. The number of hydrogen-bond donors (Lipinski definition) is 0. The predicted molar refractivity (Wildman–Crippen MR) is 81.2 cm³/mol. The van der Waals surface area contributed by atoms with Gasteiger partial charge in [-0.2, -0.15) is 5.26 Å². The molecule has 0 atom stereocenters. The molecule has 6 heteroatoms. The summed E-state index contributed by atoms with van der Waals surface area (Å²) in [5, 5.41) is 9.57. The average Bonchev–Trinajstić information content (AvgIpc) is 2.84. The molecule has 4 rings (SSSR count). The molecule has 0 aliphatic rings. The van der Waals surface area contributed by atoms with Gasteiger partial charge in [0.15, 0.2) is 5.43 Å². The van der Waals surface area contributed by atoms with Gasteiger partial charge in [0.1, 0.15) is 11.6 Å². The number of halogens is 2. The van der Waals surface area contributed by atoms with E-state index in [1.165, 1.54) is 17.6 Å². The van der Waals surface area contributed by atoms with Crippen LogP contribution in [0.15, 0.2) is 41.2 Å². The van der Waals surface area contributed by atoms with Crippen LogP contribution in [0.2, 0.25) is 0 Å². The predicted octanol–water partition coefficient (Wildman–Crippen LogP) is 3.82. The highest BCUT2D eigenvalue weighted by Crippen LogP contribution is 2.30. The van der Waals surface area contributed by atoms with Gasteiger partial charge in [-0.1, -0.05) is 11.5 Å². The standard InChI is InChI=1S/C16H6F2N2OS/c17-9-4-11(18)16-13(5-9)20-12(6-14(16)21)10-3-8(7-19)1-2-15(10)22-20/h1-6H. The van der Waals surface area contributed by atoms with Gasteiger partial charge in [-0.15, -0.1) is 0 Å². The van der Waals surface area contributed by atoms with Crippen molar-refractivity contribution in [3.05, 3.63) is 63.8 Å². The van der Waals surface area contributed by atoms with Gasteiger partial charge in [0.05, 0.1) is 32.8 Å². The first kappa shape index (κ1) is 12.9. The molecule has 0 fully saturated rings. The molecule has 2 heterocycles. The third kappa shape index (κ3) is 1.66. The third-order valence-electron chi connectivity index (χ3n) is 3.56. The second-order valence-electron chi connectivity index (χ2n) is 4.88. The second kappa shape index (κ2) is 4.36. The minimum absolute atomic E-state index is 0.133. The van der Waals surface area contributed by atoms with Crippen LogP contribution in [0.5, 0.6) is 0 Å². The van der Waals surface area contributed by atoms with E-state index in [1.54, 1.807) is 22.0 Å². The summed E-state index contributed by atoms with van der Waals surface area (Å²) in [4.78, 5) is 12.2. The zero-order valence-electron chi connectivity index (χ0n) is 10.9. The summed E-state index contributed by atoms with van der Waals surface area (Å²) in [6.07, 6.45) is 0. The van der Waals surface area contributed by atoms with E-state index in [2.05, 4.69) is 0 Å². The topological polar surface area (TPSA) is 45.3 Å². The Hall–Kier alpha value is -2.78. The van der Waals surface area contributed by atoms with Crippen LogP contribution in [0.1, 0.15) is 5.56 Å². The van der Waals surface area contributed by atoms with Crippen molar-refractivity contribution in [3.8, 4) is 6.07 Å². The van der Waals surface area contributed by atoms with E-state index in [9.17, 15) is 13.6 Å². The molecule has 3 nitrogen and oxygen atoms in total. The molecule has 22 heavy (non-hydrogen) atoms. The number of benzene rings is 2. The number of nitriles is 1. The van der Waals surface area contributed by atoms with Gasteiger partial charge in [0.25, 0.3) is 0 Å². The fourth-order valence-electron chi connectivity index (χ4n) is 2.61. The number of aromatic nitrogens is 1. The van der Waals surface area contributed by atoms with Crippen LogP contribution in [-0.2, 0) is 0 Å². The van der Waals surface area contributed by atoms with E-state index in [0.29, 0.717) is 22.5 Å². The summed E-state index contributed by atoms with van der Waals surface area (Å²) in [5.41, 5.74) is 0.694. The molecule has 0 unspecified atom stereocenters. The van der Waals surface area contributed by atoms with Gasteiger partial charge in [-0.25, -0.2) is 8.78 Å². The third-order valence-corrected chi connectivity index (χ3v) is 4.69. The quantitative estimate of drug-likeness (QED) is 0.495. The fraction of sp³-hybridized carbons (Fsp3) is 0. The summed E-state index contributed by atoms with van der Waals surface area (Å²) in [6, 6.07) is 10.3. The zero-order valence-corrected chi connectivity index (χ0v) is 11.7. The van der Waals surface area contributed by atoms with Crippen molar-refractivity contribution in [2.45, 2.75) is 0 Å². The number of nitrogens with zero attached hydrogens (tertiary/aromatic N) is 2. The molecule has 0 saturated heterocycles. The van der Waals surface area contributed by atoms with Crippen LogP contribution in [0, 0.1) is 23.0 Å². The summed E-state index contributed by atoms with van der Waals surface area (Å²) in [5.74, 6) is -1.61. The molecule has 2 aromatic heterocycles. The Morgan fingerprint density at radius 3 is 2.68 bits per heavy atom. The Bertz CT molecular complexity index is 1180. The van der Waals surface area contributed by atoms with E-state index < -0.39 is 17.1 Å². The van der Waals surface area contributed by atoms with Gasteiger partial charge in [0, 0.05) is 17.5 Å². The van der Waals surface area contributed by atoms with Crippen LogP contribution in [0.4, 0.5) is 8.78 Å². The van der Waals surface area contributed by atoms with Crippen LogP contribution in [-0.4, -0.2) is 3.79 Å². The van der Waals surface area contributed by atoms with Crippen LogP contribution in [0.3, 0.4) is 0 Å². The van der Waals surface area contributed by atoms with Crippen molar-refractivity contribution >= 4 is 38.0 Å². The molecule has 0 N–H and O–H groups in total. The number of pyridine rings is 1. The first-order valence-corrected chi connectivity index (χ1v) is 7.13. The Morgan fingerprint density at radius 1 is 1.09 bits per heavy atom. The van der Waals surface area contributed by atoms with Gasteiger partial charge < -0.3 is 0 Å². The molecule has 0 amide bonds. The lowest BCUT2D eigenvalue weighted by molar-refractivity contribution is 0.591. The SMILES string of the molecule is N#Cc1ccc2sn3c4cc(F)cc(F)c4c(=O)cc3c2c1. The van der Waals surface area contributed by atoms with E-state index in [0.717, 1.165) is 10.8 Å². The first-order valence-electron chi connectivity index (χ1n) is 6.36. The van der Waals surface area contributed by atoms with E-state index in [4.69, 9.17) is 5.26 Å². The lowest BCUT2D eigenvalue weighted by Gasteiger charge is -2.02. The largest absolute Gasteiger partial charge is 0.289 e. The molecule has 0 aliphatic carbocycles. The molecular formula is C16H6F2N2OS. The van der Waals surface area contributed by atoms with Crippen molar-refractivity contribution < 1.29 is 8.78 Å². The lowest BCUT2D eigenvalue weighted by Crippen LogP contribution is -2.05. The summed E-state index contributed by atoms with van der Waals surface area (Å²) in [6.45, 7) is 0. The molecule has 0 saturated carbocycles. The van der Waals surface area contributed by atoms with E-state index in [1.807, 2.05) is 6.07 Å². The highest BCUT2D eigenvalue weighted by Gasteiger charge is 2.14. The molecule has 2 aromatic carbocycles. The van der Waals surface area contributed by atoms with E-state index in [-0.39, 0.29) is 10.9 Å². The molecule has 0 bridgehead atoms. The van der Waals surface area contributed by atoms with Gasteiger partial charge in [-0.3, -0.25) is 8.58 Å². The summed E-state index contributed by atoms with van der Waals surface area (Å²) in [7, 11) is 0. The Morgan fingerprint density at radius 2 is 1.91 bits per heavy atom. The lowest BCUT2D eigenvalue weighted by atomic mass is 10.1. The number of hydrogen-bond acceptors (Lipinski definition) is 3. The van der Waals surface area contributed by atoms with Crippen molar-refractivity contribution in [2.75, 3.05) is 0 Å². The monoisotopic (exact) mass is 312 g/mol.